The summed E-state index contributed by atoms with van der Waals surface area (Å²) in [7, 11) is 0. The van der Waals surface area contributed by atoms with Crippen molar-refractivity contribution in [2.24, 2.45) is 5.73 Å². The van der Waals surface area contributed by atoms with E-state index < -0.39 is 0 Å². The molecule has 0 aromatic heterocycles. The number of allylic oxidation sites excluding steroid dienone is 2. The van der Waals surface area contributed by atoms with Crippen molar-refractivity contribution < 1.29 is 5.11 Å². The van der Waals surface area contributed by atoms with E-state index in [9.17, 15) is 0 Å². The second-order valence-electron chi connectivity index (χ2n) is 0.726. The molecule has 2 heteroatoms. The normalized spacial score (nSPS) is 11.3. The summed E-state index contributed by atoms with van der Waals surface area (Å²) in [5.41, 5.74) is 4.87. The number of aliphatic hydroxyl groups is 1. The van der Waals surface area contributed by atoms with E-state index in [1.54, 1.807) is 0 Å². The van der Waals surface area contributed by atoms with Gasteiger partial charge in [0.15, 0.2) is 0 Å². The van der Waals surface area contributed by atoms with Crippen molar-refractivity contribution in [3.05, 3.63) is 24.6 Å². The molecule has 0 unspecified atom stereocenters. The van der Waals surface area contributed by atoms with Gasteiger partial charge in [0.1, 0.15) is 0 Å². The molecule has 0 aromatic carbocycles. The second kappa shape index (κ2) is 4.08. The summed E-state index contributed by atoms with van der Waals surface area (Å²) in [5.74, 6) is 0. The third-order valence-electron chi connectivity index (χ3n) is 0.308. The van der Waals surface area contributed by atoms with Gasteiger partial charge in [-0.15, -0.1) is 0 Å². The summed E-state index contributed by atoms with van der Waals surface area (Å²) in [6.07, 6.45) is 5.22. The summed E-state index contributed by atoms with van der Waals surface area (Å²) in [6.45, 7) is 0. The van der Waals surface area contributed by atoms with Crippen LogP contribution in [-0.2, 0) is 0 Å². The molecule has 0 bridgehead atoms. The first-order valence-corrected chi connectivity index (χ1v) is 1.59. The highest BCUT2D eigenvalue weighted by molar-refractivity contribution is 4.96. The molecule has 0 aromatic rings. The Labute approximate surface area is 36.6 Å². The number of aliphatic hydroxyl groups excluding tert-OH is 1. The van der Waals surface area contributed by atoms with Crippen LogP contribution in [0.5, 0.6) is 0 Å². The molecule has 2 nitrogen and oxygen atoms in total. The molecule has 0 rings (SSSR count). The number of hydrogen-bond donors (Lipinski definition) is 2. The van der Waals surface area contributed by atoms with Gasteiger partial charge in [0, 0.05) is 0 Å². The smallest absolute Gasteiger partial charge is 0.0792 e. The third kappa shape index (κ3) is 3.08. The Bertz CT molecular complexity index is 55.9. The monoisotopic (exact) mass is 85.1 g/mol. The molecule has 0 aliphatic heterocycles. The van der Waals surface area contributed by atoms with Crippen LogP contribution in [-0.4, -0.2) is 5.11 Å². The highest BCUT2D eigenvalue weighted by atomic mass is 16.2. The molecule has 0 aliphatic rings. The van der Waals surface area contributed by atoms with Gasteiger partial charge in [0.2, 0.25) is 0 Å². The molecule has 6 heavy (non-hydrogen) atoms. The average Bonchev–Trinajstić information content (AvgIpc) is 1.61. The molecule has 34 valence electrons. The van der Waals surface area contributed by atoms with Gasteiger partial charge in [-0.1, -0.05) is 0 Å². The van der Waals surface area contributed by atoms with E-state index in [2.05, 4.69) is 0 Å². The Kier molecular flexibility index (Phi) is 3.45. The fourth-order valence-electron chi connectivity index (χ4n) is 0.114. The van der Waals surface area contributed by atoms with Gasteiger partial charge < -0.3 is 10.8 Å². The molecule has 0 atom stereocenters. The average molecular weight is 85.1 g/mol. The quantitative estimate of drug-likeness (QED) is 0.360. The Hall–Kier alpha value is -0.920. The fraction of sp³-hybridized carbons (Fsp3) is 0. The minimum absolute atomic E-state index is 0.920. The summed E-state index contributed by atoms with van der Waals surface area (Å²) < 4.78 is 0. The van der Waals surface area contributed by atoms with E-state index in [0.29, 0.717) is 0 Å². The molecule has 0 spiro atoms. The molecular formula is C4H7NO. The zero-order chi connectivity index (χ0) is 4.83. The van der Waals surface area contributed by atoms with Gasteiger partial charge in [0.05, 0.1) is 6.26 Å². The number of nitrogens with two attached hydrogens (primary N) is 1. The molecule has 0 amide bonds. The van der Waals surface area contributed by atoms with E-state index in [1.165, 1.54) is 18.4 Å². The van der Waals surface area contributed by atoms with Crippen molar-refractivity contribution in [3.63, 3.8) is 0 Å². The molecule has 3 N–H and O–H groups in total. The van der Waals surface area contributed by atoms with E-state index in [4.69, 9.17) is 10.8 Å². The maximum Gasteiger partial charge on any atom is 0.0792 e. The third-order valence-corrected chi connectivity index (χ3v) is 0.308. The lowest BCUT2D eigenvalue weighted by Crippen LogP contribution is -1.71. The molecule has 0 fully saturated rings. The van der Waals surface area contributed by atoms with Crippen LogP contribution in [0.1, 0.15) is 0 Å². The molecular weight excluding hydrogens is 78.0 g/mol. The molecule has 0 radical (unpaired) electrons. The standard InChI is InChI=1S/C4H7NO/c5-3-1-2-4-6/h1-4,6H,5H2/b3-1-,4-2-. The van der Waals surface area contributed by atoms with E-state index >= 15 is 0 Å². The Balaban J connectivity index is 3.07. The van der Waals surface area contributed by atoms with E-state index in [0.717, 1.165) is 6.26 Å². The van der Waals surface area contributed by atoms with Gasteiger partial charge in [-0.25, -0.2) is 0 Å². The Morgan fingerprint density at radius 1 is 1.33 bits per heavy atom. The van der Waals surface area contributed by atoms with Gasteiger partial charge >= 0.3 is 0 Å². The predicted molar refractivity (Wildman–Crippen MR) is 25.1 cm³/mol. The van der Waals surface area contributed by atoms with E-state index in [1.807, 2.05) is 0 Å². The zero-order valence-corrected chi connectivity index (χ0v) is 3.33. The van der Waals surface area contributed by atoms with Crippen LogP contribution < -0.4 is 5.73 Å². The second-order valence-corrected chi connectivity index (χ2v) is 0.726. The van der Waals surface area contributed by atoms with Crippen LogP contribution in [0, 0.1) is 0 Å². The van der Waals surface area contributed by atoms with Crippen LogP contribution >= 0.6 is 0 Å². The van der Waals surface area contributed by atoms with Crippen molar-refractivity contribution in [2.45, 2.75) is 0 Å². The van der Waals surface area contributed by atoms with Crippen molar-refractivity contribution in [3.8, 4) is 0 Å². The Morgan fingerprint density at radius 2 is 2.00 bits per heavy atom. The van der Waals surface area contributed by atoms with Gasteiger partial charge in [0.25, 0.3) is 0 Å². The summed E-state index contributed by atoms with van der Waals surface area (Å²) in [5, 5.41) is 7.91. The summed E-state index contributed by atoms with van der Waals surface area (Å²) in [4.78, 5) is 0. The van der Waals surface area contributed by atoms with Crippen LogP contribution in [0.4, 0.5) is 0 Å². The SMILES string of the molecule is N/C=C\C=C/O. The molecule has 0 heterocycles. The van der Waals surface area contributed by atoms with Crippen molar-refractivity contribution in [1.29, 1.82) is 0 Å². The first kappa shape index (κ1) is 5.08. The lowest BCUT2D eigenvalue weighted by molar-refractivity contribution is 0.473. The zero-order valence-electron chi connectivity index (χ0n) is 3.33. The first-order chi connectivity index (χ1) is 2.91. The maximum absolute atomic E-state index is 7.91. The highest BCUT2D eigenvalue weighted by Gasteiger charge is 1.50. The van der Waals surface area contributed by atoms with Crippen molar-refractivity contribution in [1.82, 2.24) is 0 Å². The Morgan fingerprint density at radius 3 is 2.17 bits per heavy atom. The van der Waals surface area contributed by atoms with Crippen LogP contribution in [0.15, 0.2) is 24.6 Å². The van der Waals surface area contributed by atoms with Gasteiger partial charge in [-0.3, -0.25) is 0 Å². The number of rotatable bonds is 1. The topological polar surface area (TPSA) is 46.2 Å². The molecule has 0 aliphatic carbocycles. The van der Waals surface area contributed by atoms with Crippen LogP contribution in [0.2, 0.25) is 0 Å². The van der Waals surface area contributed by atoms with Gasteiger partial charge in [-0.2, -0.15) is 0 Å². The van der Waals surface area contributed by atoms with Crippen molar-refractivity contribution in [2.75, 3.05) is 0 Å². The minimum Gasteiger partial charge on any atom is -0.516 e. The van der Waals surface area contributed by atoms with Crippen LogP contribution in [0.25, 0.3) is 0 Å². The lowest BCUT2D eigenvalue weighted by Gasteiger charge is -1.64. The lowest BCUT2D eigenvalue weighted by atomic mass is 10.6. The minimum atomic E-state index is 0.920. The molecule has 0 saturated heterocycles. The summed E-state index contributed by atoms with van der Waals surface area (Å²) >= 11 is 0. The predicted octanol–water partition coefficient (Wildman–Crippen LogP) is 0.531. The summed E-state index contributed by atoms with van der Waals surface area (Å²) in [6, 6.07) is 0. The highest BCUT2D eigenvalue weighted by Crippen LogP contribution is 1.64. The van der Waals surface area contributed by atoms with E-state index in [-0.39, 0.29) is 0 Å². The fourth-order valence-corrected chi connectivity index (χ4v) is 0.114. The maximum atomic E-state index is 7.91. The van der Waals surface area contributed by atoms with Crippen molar-refractivity contribution >= 4 is 0 Å². The first-order valence-electron chi connectivity index (χ1n) is 1.59. The molecule has 0 saturated carbocycles. The van der Waals surface area contributed by atoms with Crippen LogP contribution in [0.3, 0.4) is 0 Å². The number of hydrogen-bond acceptors (Lipinski definition) is 2. The largest absolute Gasteiger partial charge is 0.516 e. The van der Waals surface area contributed by atoms with Gasteiger partial charge in [-0.05, 0) is 18.4 Å².